The second-order valence-electron chi connectivity index (χ2n) is 3.66. The highest BCUT2D eigenvalue weighted by molar-refractivity contribution is 5.72. The molecule has 0 N–H and O–H groups in total. The predicted molar refractivity (Wildman–Crippen MR) is 65.4 cm³/mol. The van der Waals surface area contributed by atoms with E-state index < -0.39 is 0 Å². The van der Waals surface area contributed by atoms with Crippen LogP contribution in [0.25, 0.3) is 16.9 Å². The number of hydrogen-bond acceptors (Lipinski definition) is 3. The second-order valence-corrected chi connectivity index (χ2v) is 3.66. The van der Waals surface area contributed by atoms with Gasteiger partial charge in [-0.05, 0) is 24.3 Å². The molecular formula is C13H11N3O. The molecule has 0 unspecified atom stereocenters. The zero-order valence-electron chi connectivity index (χ0n) is 9.37. The van der Waals surface area contributed by atoms with E-state index in [1.165, 1.54) is 0 Å². The van der Waals surface area contributed by atoms with Crippen LogP contribution in [0.4, 0.5) is 0 Å². The molecule has 4 heteroatoms. The lowest BCUT2D eigenvalue weighted by Crippen LogP contribution is -1.94. The van der Waals surface area contributed by atoms with Crippen LogP contribution in [0.15, 0.2) is 48.9 Å². The number of imidazole rings is 1. The molecule has 1 aromatic carbocycles. The van der Waals surface area contributed by atoms with Gasteiger partial charge in [0.2, 0.25) is 0 Å². The SMILES string of the molecule is COc1cccc(-n2cnc3cccnc32)c1. The highest BCUT2D eigenvalue weighted by atomic mass is 16.5. The number of fused-ring (bicyclic) bond motifs is 1. The van der Waals surface area contributed by atoms with Gasteiger partial charge in [0.1, 0.15) is 17.6 Å². The summed E-state index contributed by atoms with van der Waals surface area (Å²) >= 11 is 0. The standard InChI is InChI=1S/C13H11N3O/c1-17-11-5-2-4-10(8-11)16-9-15-12-6-3-7-14-13(12)16/h2-9H,1H3. The number of rotatable bonds is 2. The number of aromatic nitrogens is 3. The number of benzene rings is 1. The van der Waals surface area contributed by atoms with E-state index >= 15 is 0 Å². The van der Waals surface area contributed by atoms with Crippen molar-refractivity contribution in [3.63, 3.8) is 0 Å². The van der Waals surface area contributed by atoms with Gasteiger partial charge in [0, 0.05) is 12.3 Å². The molecule has 0 aliphatic heterocycles. The maximum absolute atomic E-state index is 5.21. The van der Waals surface area contributed by atoms with Crippen LogP contribution in [0.1, 0.15) is 0 Å². The summed E-state index contributed by atoms with van der Waals surface area (Å²) in [5.41, 5.74) is 2.72. The molecular weight excluding hydrogens is 214 g/mol. The summed E-state index contributed by atoms with van der Waals surface area (Å²) in [5.74, 6) is 0.820. The van der Waals surface area contributed by atoms with Crippen molar-refractivity contribution in [2.45, 2.75) is 0 Å². The van der Waals surface area contributed by atoms with Crippen molar-refractivity contribution in [2.75, 3.05) is 7.11 Å². The molecule has 0 aliphatic carbocycles. The van der Waals surface area contributed by atoms with Gasteiger partial charge in [0.05, 0.1) is 12.8 Å². The first-order valence-electron chi connectivity index (χ1n) is 5.31. The molecule has 0 spiro atoms. The third-order valence-corrected chi connectivity index (χ3v) is 2.64. The van der Waals surface area contributed by atoms with E-state index in [4.69, 9.17) is 4.74 Å². The van der Waals surface area contributed by atoms with E-state index in [-0.39, 0.29) is 0 Å². The zero-order valence-corrected chi connectivity index (χ0v) is 9.37. The summed E-state index contributed by atoms with van der Waals surface area (Å²) in [6, 6.07) is 11.6. The first-order chi connectivity index (χ1) is 8.38. The zero-order chi connectivity index (χ0) is 11.7. The van der Waals surface area contributed by atoms with Gasteiger partial charge in [0.25, 0.3) is 0 Å². The summed E-state index contributed by atoms with van der Waals surface area (Å²) in [6.45, 7) is 0. The van der Waals surface area contributed by atoms with Gasteiger partial charge in [0.15, 0.2) is 5.65 Å². The molecule has 0 fully saturated rings. The van der Waals surface area contributed by atoms with Crippen molar-refractivity contribution in [1.82, 2.24) is 14.5 Å². The van der Waals surface area contributed by atoms with Crippen molar-refractivity contribution < 1.29 is 4.74 Å². The van der Waals surface area contributed by atoms with Crippen LogP contribution in [0.5, 0.6) is 5.75 Å². The van der Waals surface area contributed by atoms with E-state index in [1.807, 2.05) is 41.0 Å². The van der Waals surface area contributed by atoms with Crippen LogP contribution in [-0.2, 0) is 0 Å². The summed E-state index contributed by atoms with van der Waals surface area (Å²) in [7, 11) is 1.66. The Labute approximate surface area is 98.5 Å². The number of ether oxygens (including phenoxy) is 1. The average molecular weight is 225 g/mol. The van der Waals surface area contributed by atoms with Crippen LogP contribution in [0, 0.1) is 0 Å². The van der Waals surface area contributed by atoms with Gasteiger partial charge in [-0.15, -0.1) is 0 Å². The molecule has 2 aromatic heterocycles. The Kier molecular flexibility index (Phi) is 2.26. The van der Waals surface area contributed by atoms with E-state index in [1.54, 1.807) is 19.6 Å². The Morgan fingerprint density at radius 1 is 1.12 bits per heavy atom. The molecule has 0 atom stereocenters. The van der Waals surface area contributed by atoms with Crippen molar-refractivity contribution in [3.8, 4) is 11.4 Å². The minimum absolute atomic E-state index is 0.820. The van der Waals surface area contributed by atoms with Crippen LogP contribution in [0.2, 0.25) is 0 Å². The van der Waals surface area contributed by atoms with Crippen molar-refractivity contribution >= 4 is 11.2 Å². The third-order valence-electron chi connectivity index (χ3n) is 2.64. The predicted octanol–water partition coefficient (Wildman–Crippen LogP) is 2.43. The maximum atomic E-state index is 5.21. The minimum Gasteiger partial charge on any atom is -0.497 e. The lowest BCUT2D eigenvalue weighted by atomic mass is 10.3. The van der Waals surface area contributed by atoms with Gasteiger partial charge in [-0.3, -0.25) is 4.57 Å². The van der Waals surface area contributed by atoms with E-state index in [9.17, 15) is 0 Å². The Hall–Kier alpha value is -2.36. The van der Waals surface area contributed by atoms with Gasteiger partial charge in [-0.25, -0.2) is 9.97 Å². The fourth-order valence-corrected chi connectivity index (χ4v) is 1.80. The molecule has 0 amide bonds. The molecule has 0 aliphatic rings. The fraction of sp³-hybridized carbons (Fsp3) is 0.0769. The van der Waals surface area contributed by atoms with Crippen LogP contribution in [-0.4, -0.2) is 21.6 Å². The van der Waals surface area contributed by atoms with Crippen molar-refractivity contribution in [2.24, 2.45) is 0 Å². The molecule has 2 heterocycles. The van der Waals surface area contributed by atoms with Gasteiger partial charge in [-0.2, -0.15) is 0 Å². The molecule has 0 bridgehead atoms. The lowest BCUT2D eigenvalue weighted by Gasteiger charge is -2.05. The largest absolute Gasteiger partial charge is 0.497 e. The van der Waals surface area contributed by atoms with Crippen molar-refractivity contribution in [3.05, 3.63) is 48.9 Å². The highest BCUT2D eigenvalue weighted by Gasteiger charge is 2.05. The molecule has 3 rings (SSSR count). The Balaban J connectivity index is 2.20. The first-order valence-corrected chi connectivity index (χ1v) is 5.31. The molecule has 17 heavy (non-hydrogen) atoms. The molecule has 0 saturated carbocycles. The summed E-state index contributed by atoms with van der Waals surface area (Å²) < 4.78 is 7.15. The number of pyridine rings is 1. The summed E-state index contributed by atoms with van der Waals surface area (Å²) in [4.78, 5) is 8.64. The smallest absolute Gasteiger partial charge is 0.164 e. The summed E-state index contributed by atoms with van der Waals surface area (Å²) in [6.07, 6.45) is 3.53. The first kappa shape index (κ1) is 9.84. The number of nitrogens with zero attached hydrogens (tertiary/aromatic N) is 3. The quantitative estimate of drug-likeness (QED) is 0.672. The topological polar surface area (TPSA) is 39.9 Å². The lowest BCUT2D eigenvalue weighted by molar-refractivity contribution is 0.414. The molecule has 0 saturated heterocycles. The fourth-order valence-electron chi connectivity index (χ4n) is 1.80. The van der Waals surface area contributed by atoms with Crippen LogP contribution >= 0.6 is 0 Å². The van der Waals surface area contributed by atoms with Gasteiger partial charge in [-0.1, -0.05) is 6.07 Å². The average Bonchev–Trinajstić information content (AvgIpc) is 2.82. The van der Waals surface area contributed by atoms with Crippen LogP contribution < -0.4 is 4.74 Å². The van der Waals surface area contributed by atoms with E-state index in [0.29, 0.717) is 0 Å². The normalized spacial score (nSPS) is 10.6. The van der Waals surface area contributed by atoms with E-state index in [2.05, 4.69) is 9.97 Å². The third kappa shape index (κ3) is 1.63. The highest BCUT2D eigenvalue weighted by Crippen LogP contribution is 2.19. The number of methoxy groups -OCH3 is 1. The summed E-state index contributed by atoms with van der Waals surface area (Å²) in [5, 5.41) is 0. The number of hydrogen-bond donors (Lipinski definition) is 0. The molecule has 3 aromatic rings. The molecule has 84 valence electrons. The van der Waals surface area contributed by atoms with Gasteiger partial charge < -0.3 is 4.74 Å². The van der Waals surface area contributed by atoms with Gasteiger partial charge >= 0.3 is 0 Å². The maximum Gasteiger partial charge on any atom is 0.164 e. The minimum atomic E-state index is 0.820. The molecule has 4 nitrogen and oxygen atoms in total. The second kappa shape index (κ2) is 3.90. The van der Waals surface area contributed by atoms with Crippen molar-refractivity contribution in [1.29, 1.82) is 0 Å². The monoisotopic (exact) mass is 225 g/mol. The Bertz CT molecular complexity index is 660. The Morgan fingerprint density at radius 3 is 2.94 bits per heavy atom. The van der Waals surface area contributed by atoms with E-state index in [0.717, 1.165) is 22.6 Å². The molecule has 0 radical (unpaired) electrons. The Morgan fingerprint density at radius 2 is 2.06 bits per heavy atom. The van der Waals surface area contributed by atoms with Crippen LogP contribution in [0.3, 0.4) is 0 Å².